The maximum atomic E-state index is 5.64. The van der Waals surface area contributed by atoms with Crippen molar-refractivity contribution in [2.45, 2.75) is 26.7 Å². The fraction of sp³-hybridized carbons (Fsp3) is 0.571. The minimum atomic E-state index is 0.537. The van der Waals surface area contributed by atoms with Crippen LogP contribution in [0.5, 0.6) is 0 Å². The molecular weight excluding hydrogens is 196 g/mol. The van der Waals surface area contributed by atoms with Crippen molar-refractivity contribution in [3.8, 4) is 0 Å². The number of hydrogen-bond acceptors (Lipinski definition) is 2. The van der Waals surface area contributed by atoms with Crippen molar-refractivity contribution in [1.29, 1.82) is 0 Å². The van der Waals surface area contributed by atoms with Gasteiger partial charge in [0.2, 0.25) is 0 Å². The molecule has 2 N–H and O–H groups in total. The average molecular weight is 220 g/mol. The molecule has 1 rings (SSSR count). The molecule has 1 aromatic carbocycles. The first kappa shape index (κ1) is 13.0. The lowest BCUT2D eigenvalue weighted by Gasteiger charge is -2.23. The molecule has 0 amide bonds. The summed E-state index contributed by atoms with van der Waals surface area (Å²) in [6.07, 6.45) is 0. The van der Waals surface area contributed by atoms with Gasteiger partial charge in [0.15, 0.2) is 0 Å². The molecular formula is C14H24N2. The Labute approximate surface area is 99.5 Å². The lowest BCUT2D eigenvalue weighted by Crippen LogP contribution is -2.28. The third-order valence-electron chi connectivity index (χ3n) is 2.99. The highest BCUT2D eigenvalue weighted by molar-refractivity contribution is 5.47. The smallest absolute Gasteiger partial charge is 0.0363 e. The minimum absolute atomic E-state index is 0.537. The first-order chi connectivity index (χ1) is 7.54. The van der Waals surface area contributed by atoms with Crippen molar-refractivity contribution in [2.75, 3.05) is 25.0 Å². The molecule has 0 aromatic heterocycles. The van der Waals surface area contributed by atoms with E-state index in [1.54, 1.807) is 0 Å². The van der Waals surface area contributed by atoms with Crippen molar-refractivity contribution in [1.82, 2.24) is 0 Å². The van der Waals surface area contributed by atoms with Gasteiger partial charge in [-0.3, -0.25) is 0 Å². The summed E-state index contributed by atoms with van der Waals surface area (Å²) < 4.78 is 0. The van der Waals surface area contributed by atoms with Crippen LogP contribution in [-0.2, 0) is 0 Å². The van der Waals surface area contributed by atoms with Crippen LogP contribution in [0.1, 0.15) is 32.3 Å². The van der Waals surface area contributed by atoms with E-state index in [0.29, 0.717) is 11.8 Å². The second kappa shape index (κ2) is 5.90. The Morgan fingerprint density at radius 3 is 2.12 bits per heavy atom. The lowest BCUT2D eigenvalue weighted by atomic mass is 10.0. The fourth-order valence-electron chi connectivity index (χ4n) is 1.76. The Kier molecular flexibility index (Phi) is 4.81. The number of rotatable bonds is 5. The van der Waals surface area contributed by atoms with E-state index in [0.717, 1.165) is 13.1 Å². The largest absolute Gasteiger partial charge is 0.374 e. The molecule has 0 heterocycles. The monoisotopic (exact) mass is 220 g/mol. The summed E-state index contributed by atoms with van der Waals surface area (Å²) in [4.78, 5) is 2.27. The van der Waals surface area contributed by atoms with Crippen LogP contribution in [0.2, 0.25) is 0 Å². The summed E-state index contributed by atoms with van der Waals surface area (Å²) >= 11 is 0. The van der Waals surface area contributed by atoms with Crippen LogP contribution in [0.3, 0.4) is 0 Å². The lowest BCUT2D eigenvalue weighted by molar-refractivity contribution is 0.590. The number of benzene rings is 1. The van der Waals surface area contributed by atoms with Gasteiger partial charge in [-0.2, -0.15) is 0 Å². The minimum Gasteiger partial charge on any atom is -0.374 e. The second-order valence-corrected chi connectivity index (χ2v) is 4.97. The van der Waals surface area contributed by atoms with Gasteiger partial charge < -0.3 is 10.6 Å². The van der Waals surface area contributed by atoms with E-state index in [2.05, 4.69) is 57.0 Å². The van der Waals surface area contributed by atoms with Gasteiger partial charge in [-0.25, -0.2) is 0 Å². The van der Waals surface area contributed by atoms with Crippen molar-refractivity contribution >= 4 is 5.69 Å². The van der Waals surface area contributed by atoms with E-state index in [1.165, 1.54) is 11.3 Å². The average Bonchev–Trinajstić information content (AvgIpc) is 2.28. The SMILES string of the molecule is CC(CN)CN(C)c1ccc(C(C)C)cc1. The Balaban J connectivity index is 2.66. The highest BCUT2D eigenvalue weighted by Gasteiger charge is 2.06. The van der Waals surface area contributed by atoms with Crippen LogP contribution in [0.4, 0.5) is 5.69 Å². The molecule has 0 aliphatic carbocycles. The maximum Gasteiger partial charge on any atom is 0.0363 e. The Morgan fingerprint density at radius 1 is 1.12 bits per heavy atom. The summed E-state index contributed by atoms with van der Waals surface area (Å²) in [5.41, 5.74) is 8.30. The second-order valence-electron chi connectivity index (χ2n) is 4.97. The van der Waals surface area contributed by atoms with E-state index in [1.807, 2.05) is 0 Å². The summed E-state index contributed by atoms with van der Waals surface area (Å²) in [7, 11) is 2.12. The highest BCUT2D eigenvalue weighted by Crippen LogP contribution is 2.19. The molecule has 16 heavy (non-hydrogen) atoms. The zero-order chi connectivity index (χ0) is 12.1. The van der Waals surface area contributed by atoms with Crippen molar-refractivity contribution in [2.24, 2.45) is 11.7 Å². The van der Waals surface area contributed by atoms with Crippen molar-refractivity contribution in [3.63, 3.8) is 0 Å². The van der Waals surface area contributed by atoms with Crippen LogP contribution in [0, 0.1) is 5.92 Å². The van der Waals surface area contributed by atoms with Gasteiger partial charge in [-0.1, -0.05) is 32.9 Å². The predicted molar refractivity (Wildman–Crippen MR) is 72.0 cm³/mol. The number of nitrogens with zero attached hydrogens (tertiary/aromatic N) is 1. The van der Waals surface area contributed by atoms with E-state index in [-0.39, 0.29) is 0 Å². The van der Waals surface area contributed by atoms with Gasteiger partial charge in [-0.05, 0) is 36.1 Å². The van der Waals surface area contributed by atoms with E-state index < -0.39 is 0 Å². The molecule has 0 radical (unpaired) electrons. The van der Waals surface area contributed by atoms with Crippen LogP contribution in [-0.4, -0.2) is 20.1 Å². The van der Waals surface area contributed by atoms with Gasteiger partial charge in [0.1, 0.15) is 0 Å². The molecule has 0 spiro atoms. The third kappa shape index (κ3) is 3.53. The summed E-state index contributed by atoms with van der Waals surface area (Å²) in [6.45, 7) is 8.37. The molecule has 0 bridgehead atoms. The van der Waals surface area contributed by atoms with Crippen LogP contribution < -0.4 is 10.6 Å². The molecule has 0 saturated heterocycles. The summed E-state index contributed by atoms with van der Waals surface area (Å²) in [6, 6.07) is 8.81. The predicted octanol–water partition coefficient (Wildman–Crippen LogP) is 2.84. The fourth-order valence-corrected chi connectivity index (χ4v) is 1.76. The zero-order valence-corrected chi connectivity index (χ0v) is 10.9. The van der Waals surface area contributed by atoms with Gasteiger partial charge in [0.25, 0.3) is 0 Å². The molecule has 0 aliphatic rings. The molecule has 0 fully saturated rings. The number of nitrogens with two attached hydrogens (primary N) is 1. The molecule has 2 heteroatoms. The van der Waals surface area contributed by atoms with Gasteiger partial charge in [-0.15, -0.1) is 0 Å². The van der Waals surface area contributed by atoms with E-state index >= 15 is 0 Å². The van der Waals surface area contributed by atoms with E-state index in [4.69, 9.17) is 5.73 Å². The van der Waals surface area contributed by atoms with Crippen LogP contribution >= 0.6 is 0 Å². The van der Waals surface area contributed by atoms with E-state index in [9.17, 15) is 0 Å². The third-order valence-corrected chi connectivity index (χ3v) is 2.99. The number of hydrogen-bond donors (Lipinski definition) is 1. The molecule has 1 atom stereocenters. The quantitative estimate of drug-likeness (QED) is 0.826. The Hall–Kier alpha value is -1.02. The van der Waals surface area contributed by atoms with Crippen molar-refractivity contribution < 1.29 is 0 Å². The summed E-state index contributed by atoms with van der Waals surface area (Å²) in [5, 5.41) is 0. The Bertz CT molecular complexity index is 303. The number of anilines is 1. The molecule has 0 saturated carbocycles. The topological polar surface area (TPSA) is 29.3 Å². The van der Waals surface area contributed by atoms with Crippen molar-refractivity contribution in [3.05, 3.63) is 29.8 Å². The normalized spacial score (nSPS) is 12.9. The van der Waals surface area contributed by atoms with Crippen LogP contribution in [0.25, 0.3) is 0 Å². The maximum absolute atomic E-state index is 5.64. The highest BCUT2D eigenvalue weighted by atomic mass is 15.1. The van der Waals surface area contributed by atoms with Crippen LogP contribution in [0.15, 0.2) is 24.3 Å². The standard InChI is InChI=1S/C14H24N2/c1-11(2)13-5-7-14(8-6-13)16(4)10-12(3)9-15/h5-8,11-12H,9-10,15H2,1-4H3. The molecule has 1 aromatic rings. The van der Waals surface area contributed by atoms with Gasteiger partial charge in [0.05, 0.1) is 0 Å². The summed E-state index contributed by atoms with van der Waals surface area (Å²) in [5.74, 6) is 1.14. The van der Waals surface area contributed by atoms with Gasteiger partial charge in [0, 0.05) is 19.3 Å². The Morgan fingerprint density at radius 2 is 1.69 bits per heavy atom. The molecule has 1 unspecified atom stereocenters. The molecule has 2 nitrogen and oxygen atoms in total. The zero-order valence-electron chi connectivity index (χ0n) is 10.9. The first-order valence-corrected chi connectivity index (χ1v) is 6.05. The molecule has 90 valence electrons. The van der Waals surface area contributed by atoms with Gasteiger partial charge >= 0.3 is 0 Å². The molecule has 0 aliphatic heterocycles. The first-order valence-electron chi connectivity index (χ1n) is 6.05.